The summed E-state index contributed by atoms with van der Waals surface area (Å²) in [5.41, 5.74) is 3.02. The number of rotatable bonds is 3. The maximum Gasteiger partial charge on any atom is 0.329 e. The van der Waals surface area contributed by atoms with Crippen molar-refractivity contribution in [1.82, 2.24) is 19.1 Å². The highest BCUT2D eigenvalue weighted by atomic mass is 35.5. The van der Waals surface area contributed by atoms with Gasteiger partial charge in [0.05, 0.1) is 6.21 Å². The van der Waals surface area contributed by atoms with Crippen molar-refractivity contribution >= 4 is 34.9 Å². The zero-order valence-corrected chi connectivity index (χ0v) is 13.1. The van der Waals surface area contributed by atoms with E-state index >= 15 is 0 Å². The van der Waals surface area contributed by atoms with Crippen LogP contribution in [0.5, 0.6) is 0 Å². The molecular formula is C14H13ClN6O2. The van der Waals surface area contributed by atoms with Crippen molar-refractivity contribution in [3.05, 3.63) is 55.7 Å². The number of imidazole rings is 1. The molecule has 9 heteroatoms. The zero-order chi connectivity index (χ0) is 16.6. The van der Waals surface area contributed by atoms with E-state index in [1.807, 2.05) is 18.2 Å². The van der Waals surface area contributed by atoms with Crippen molar-refractivity contribution < 1.29 is 0 Å². The van der Waals surface area contributed by atoms with E-state index in [2.05, 4.69) is 20.5 Å². The molecule has 0 fully saturated rings. The fourth-order valence-corrected chi connectivity index (χ4v) is 2.33. The summed E-state index contributed by atoms with van der Waals surface area (Å²) in [6, 6.07) is 7.24. The number of fused-ring (bicyclic) bond motifs is 1. The first-order valence-electron chi connectivity index (χ1n) is 6.68. The molecule has 0 bridgehead atoms. The molecule has 0 amide bonds. The second-order valence-electron chi connectivity index (χ2n) is 4.88. The van der Waals surface area contributed by atoms with E-state index in [1.165, 1.54) is 16.2 Å². The van der Waals surface area contributed by atoms with Crippen LogP contribution in [0.2, 0.25) is 5.02 Å². The van der Waals surface area contributed by atoms with E-state index < -0.39 is 11.2 Å². The number of aryl methyl sites for hydroxylation is 2. The Kier molecular flexibility index (Phi) is 3.75. The van der Waals surface area contributed by atoms with Crippen LogP contribution < -0.4 is 16.7 Å². The predicted molar refractivity (Wildman–Crippen MR) is 89.2 cm³/mol. The van der Waals surface area contributed by atoms with E-state index in [0.717, 1.165) is 5.56 Å². The second kappa shape index (κ2) is 5.73. The number of hydrogen-bond acceptors (Lipinski definition) is 5. The quantitative estimate of drug-likeness (QED) is 0.553. The van der Waals surface area contributed by atoms with Crippen molar-refractivity contribution in [2.45, 2.75) is 0 Å². The number of halogens is 1. The van der Waals surface area contributed by atoms with Gasteiger partial charge in [-0.15, -0.1) is 0 Å². The maximum absolute atomic E-state index is 11.9. The molecule has 8 nitrogen and oxygen atoms in total. The summed E-state index contributed by atoms with van der Waals surface area (Å²) in [6.07, 6.45) is 1.55. The van der Waals surface area contributed by atoms with E-state index in [9.17, 15) is 9.59 Å². The largest absolute Gasteiger partial charge is 0.329 e. The van der Waals surface area contributed by atoms with Gasteiger partial charge in [-0.1, -0.05) is 29.8 Å². The number of nitrogens with one attached hydrogen (secondary N) is 2. The van der Waals surface area contributed by atoms with Crippen molar-refractivity contribution in [1.29, 1.82) is 0 Å². The second-order valence-corrected chi connectivity index (χ2v) is 5.28. The van der Waals surface area contributed by atoms with E-state index in [-0.39, 0.29) is 11.2 Å². The van der Waals surface area contributed by atoms with Crippen LogP contribution in [-0.2, 0) is 14.1 Å². The summed E-state index contributed by atoms with van der Waals surface area (Å²) in [6.45, 7) is 0. The Bertz CT molecular complexity index is 1030. The van der Waals surface area contributed by atoms with E-state index in [0.29, 0.717) is 11.0 Å². The van der Waals surface area contributed by atoms with Gasteiger partial charge in [-0.3, -0.25) is 14.3 Å². The highest BCUT2D eigenvalue weighted by molar-refractivity contribution is 6.33. The topological polar surface area (TPSA) is 97.1 Å². The number of hydrazone groups is 1. The first kappa shape index (κ1) is 15.0. The van der Waals surface area contributed by atoms with Gasteiger partial charge in [0.15, 0.2) is 11.2 Å². The van der Waals surface area contributed by atoms with Gasteiger partial charge in [0.1, 0.15) is 0 Å². The first-order valence-corrected chi connectivity index (χ1v) is 7.06. The van der Waals surface area contributed by atoms with Gasteiger partial charge in [0.25, 0.3) is 5.56 Å². The first-order chi connectivity index (χ1) is 11.0. The molecule has 2 aromatic heterocycles. The molecule has 23 heavy (non-hydrogen) atoms. The molecule has 0 aliphatic rings. The van der Waals surface area contributed by atoms with E-state index in [1.54, 1.807) is 19.3 Å². The lowest BCUT2D eigenvalue weighted by molar-refractivity contribution is 0.829. The molecule has 0 unspecified atom stereocenters. The molecule has 0 radical (unpaired) electrons. The lowest BCUT2D eigenvalue weighted by atomic mass is 10.2. The number of anilines is 1. The average Bonchev–Trinajstić information content (AvgIpc) is 2.85. The summed E-state index contributed by atoms with van der Waals surface area (Å²) >= 11 is 6.04. The van der Waals surface area contributed by atoms with Gasteiger partial charge in [-0.25, -0.2) is 10.2 Å². The molecule has 3 rings (SSSR count). The van der Waals surface area contributed by atoms with E-state index in [4.69, 9.17) is 11.6 Å². The Morgan fingerprint density at radius 2 is 2.00 bits per heavy atom. The van der Waals surface area contributed by atoms with Crippen LogP contribution in [0.1, 0.15) is 5.56 Å². The Morgan fingerprint density at radius 3 is 2.74 bits per heavy atom. The van der Waals surface area contributed by atoms with Crippen LogP contribution in [-0.4, -0.2) is 25.3 Å². The van der Waals surface area contributed by atoms with Gasteiger partial charge < -0.3 is 4.57 Å². The fraction of sp³-hybridized carbons (Fsp3) is 0.143. The monoisotopic (exact) mass is 332 g/mol. The maximum atomic E-state index is 11.9. The van der Waals surface area contributed by atoms with Crippen molar-refractivity contribution in [2.75, 3.05) is 5.43 Å². The number of benzene rings is 1. The van der Waals surface area contributed by atoms with Gasteiger partial charge in [-0.2, -0.15) is 10.1 Å². The fourth-order valence-electron chi connectivity index (χ4n) is 2.15. The molecule has 3 aromatic rings. The third kappa shape index (κ3) is 2.64. The molecule has 118 valence electrons. The smallest absolute Gasteiger partial charge is 0.306 e. The number of nitrogens with zero attached hydrogens (tertiary/aromatic N) is 4. The van der Waals surface area contributed by atoms with Crippen molar-refractivity contribution in [3.63, 3.8) is 0 Å². The molecule has 0 spiro atoms. The van der Waals surface area contributed by atoms with Gasteiger partial charge in [0, 0.05) is 24.7 Å². The predicted octanol–water partition coefficient (Wildman–Crippen LogP) is 1.06. The number of aromatic nitrogens is 4. The standard InChI is InChI=1S/C14H13ClN6O2/c1-20-10-11(21(2)14(23)18-12(10)22)17-13(20)19-16-7-8-5-3-4-6-9(8)15/h3-7H,1-2H3,(H,17,19)(H,18,22,23)/b16-7+. The van der Waals surface area contributed by atoms with Crippen LogP contribution in [0.25, 0.3) is 11.2 Å². The Morgan fingerprint density at radius 1 is 1.26 bits per heavy atom. The van der Waals surface area contributed by atoms with Crippen molar-refractivity contribution in [2.24, 2.45) is 19.2 Å². The molecule has 0 atom stereocenters. The summed E-state index contributed by atoms with van der Waals surface area (Å²) in [5, 5.41) is 4.64. The molecule has 0 aliphatic carbocycles. The average molecular weight is 333 g/mol. The van der Waals surface area contributed by atoms with Crippen LogP contribution in [0, 0.1) is 0 Å². The SMILES string of the molecule is Cn1c(N/N=C/c2ccccc2Cl)nc2c1c(=O)[nH]c(=O)n2C. The van der Waals surface area contributed by atoms with Gasteiger partial charge >= 0.3 is 5.69 Å². The van der Waals surface area contributed by atoms with Crippen LogP contribution in [0.3, 0.4) is 0 Å². The minimum atomic E-state index is -0.522. The molecule has 0 saturated carbocycles. The Labute approximate surface area is 135 Å². The van der Waals surface area contributed by atoms with Crippen molar-refractivity contribution in [3.8, 4) is 0 Å². The number of aromatic amines is 1. The summed E-state index contributed by atoms with van der Waals surface area (Å²) in [7, 11) is 3.19. The van der Waals surface area contributed by atoms with Crippen LogP contribution >= 0.6 is 11.6 Å². The molecule has 0 aliphatic heterocycles. The molecule has 2 heterocycles. The molecule has 2 N–H and O–H groups in total. The Hall–Kier alpha value is -2.87. The number of H-pyrrole nitrogens is 1. The molecule has 0 saturated heterocycles. The normalized spacial score (nSPS) is 11.4. The minimum absolute atomic E-state index is 0.275. The summed E-state index contributed by atoms with van der Waals surface area (Å²) < 4.78 is 2.79. The molecular weight excluding hydrogens is 320 g/mol. The lowest BCUT2D eigenvalue weighted by Gasteiger charge is -2.00. The summed E-state index contributed by atoms with van der Waals surface area (Å²) in [4.78, 5) is 30.0. The highest BCUT2D eigenvalue weighted by Crippen LogP contribution is 2.14. The third-order valence-corrected chi connectivity index (χ3v) is 3.75. The van der Waals surface area contributed by atoms with Crippen LogP contribution in [0.15, 0.2) is 39.0 Å². The zero-order valence-electron chi connectivity index (χ0n) is 12.4. The number of hydrogen-bond donors (Lipinski definition) is 2. The van der Waals surface area contributed by atoms with Crippen LogP contribution in [0.4, 0.5) is 5.95 Å². The lowest BCUT2D eigenvalue weighted by Crippen LogP contribution is -2.29. The third-order valence-electron chi connectivity index (χ3n) is 3.41. The highest BCUT2D eigenvalue weighted by Gasteiger charge is 2.14. The molecule has 1 aromatic carbocycles. The Balaban J connectivity index is 1.99. The summed E-state index contributed by atoms with van der Waals surface area (Å²) in [5.74, 6) is 0.329. The van der Waals surface area contributed by atoms with Gasteiger partial charge in [0.2, 0.25) is 5.95 Å². The van der Waals surface area contributed by atoms with Gasteiger partial charge in [-0.05, 0) is 6.07 Å². The minimum Gasteiger partial charge on any atom is -0.306 e.